The summed E-state index contributed by atoms with van der Waals surface area (Å²) < 4.78 is 12.0. The van der Waals surface area contributed by atoms with Gasteiger partial charge in [0.25, 0.3) is 11.8 Å². The summed E-state index contributed by atoms with van der Waals surface area (Å²) in [4.78, 5) is 24.3. The molecule has 0 saturated carbocycles. The van der Waals surface area contributed by atoms with E-state index in [1.807, 2.05) is 19.1 Å². The predicted molar refractivity (Wildman–Crippen MR) is 123 cm³/mol. The van der Waals surface area contributed by atoms with E-state index < -0.39 is 11.8 Å². The lowest BCUT2D eigenvalue weighted by atomic mass is 10.2. The third kappa shape index (κ3) is 8.00. The van der Waals surface area contributed by atoms with Gasteiger partial charge in [0.2, 0.25) is 0 Å². The molecule has 2 aromatic rings. The summed E-state index contributed by atoms with van der Waals surface area (Å²) in [5, 5.41) is 2.46. The van der Waals surface area contributed by atoms with Crippen LogP contribution in [0.5, 0.6) is 11.5 Å². The molecule has 0 aromatic heterocycles. The number of nitrogens with one attached hydrogen (secondary N) is 3. The molecule has 2 amide bonds. The third-order valence-corrected chi connectivity index (χ3v) is 4.60. The Morgan fingerprint density at radius 2 is 1.90 bits per heavy atom. The van der Waals surface area contributed by atoms with Crippen molar-refractivity contribution in [2.24, 2.45) is 0 Å². The minimum atomic E-state index is -0.444. The van der Waals surface area contributed by atoms with E-state index in [2.05, 4.69) is 39.0 Å². The molecule has 0 atom stereocenters. The number of ether oxygens (including phenoxy) is 2. The van der Waals surface area contributed by atoms with Crippen molar-refractivity contribution in [2.75, 3.05) is 13.2 Å². The van der Waals surface area contributed by atoms with Gasteiger partial charge in [0.1, 0.15) is 11.5 Å². The Labute approximate surface area is 189 Å². The first-order chi connectivity index (χ1) is 14.4. The van der Waals surface area contributed by atoms with Crippen molar-refractivity contribution in [3.8, 4) is 11.5 Å². The van der Waals surface area contributed by atoms with Gasteiger partial charge in [-0.2, -0.15) is 0 Å². The summed E-state index contributed by atoms with van der Waals surface area (Å²) in [7, 11) is 0. The molecule has 0 fully saturated rings. The summed E-state index contributed by atoms with van der Waals surface area (Å²) in [5.74, 6) is 0.360. The molecule has 30 heavy (non-hydrogen) atoms. The van der Waals surface area contributed by atoms with E-state index in [1.54, 1.807) is 30.3 Å². The molecule has 7 nitrogen and oxygen atoms in total. The molecule has 160 valence electrons. The fourth-order valence-electron chi connectivity index (χ4n) is 2.35. The smallest absolute Gasteiger partial charge is 0.276 e. The maximum atomic E-state index is 12.3. The van der Waals surface area contributed by atoms with Crippen molar-refractivity contribution in [3.05, 3.63) is 58.1 Å². The maximum Gasteiger partial charge on any atom is 0.276 e. The van der Waals surface area contributed by atoms with Crippen molar-refractivity contribution >= 4 is 45.1 Å². The topological polar surface area (TPSA) is 88.7 Å². The fourth-order valence-corrected chi connectivity index (χ4v) is 2.97. The molecule has 9 heteroatoms. The number of aryl methyl sites for hydroxylation is 1. The van der Waals surface area contributed by atoms with Crippen LogP contribution in [-0.2, 0) is 4.79 Å². The molecular weight excluding hydrogens is 470 g/mol. The number of unbranched alkanes of at least 4 members (excludes halogenated alkanes) is 1. The normalized spacial score (nSPS) is 10.1. The van der Waals surface area contributed by atoms with Gasteiger partial charge in [-0.1, -0.05) is 35.3 Å². The molecule has 0 spiro atoms. The van der Waals surface area contributed by atoms with Gasteiger partial charge in [-0.3, -0.25) is 25.8 Å². The number of rotatable bonds is 8. The molecule has 0 aliphatic carbocycles. The second-order valence-electron chi connectivity index (χ2n) is 6.38. The number of carbonyl (C=O) groups excluding carboxylic acids is 2. The number of halogens is 1. The highest BCUT2D eigenvalue weighted by atomic mass is 79.9. The molecule has 2 aromatic carbocycles. The number of carbonyl (C=O) groups is 2. The average Bonchev–Trinajstić information content (AvgIpc) is 2.72. The summed E-state index contributed by atoms with van der Waals surface area (Å²) >= 11 is 8.42. The highest BCUT2D eigenvalue weighted by Gasteiger charge is 2.10. The minimum Gasteiger partial charge on any atom is -0.494 e. The Hall–Kier alpha value is -2.65. The Bertz CT molecular complexity index is 908. The van der Waals surface area contributed by atoms with Gasteiger partial charge < -0.3 is 9.47 Å². The number of thiocarbonyl (C=S) groups is 1. The number of benzene rings is 2. The summed E-state index contributed by atoms with van der Waals surface area (Å²) in [6.07, 6.45) is 1.97. The van der Waals surface area contributed by atoms with E-state index >= 15 is 0 Å². The Morgan fingerprint density at radius 1 is 1.10 bits per heavy atom. The quantitative estimate of drug-likeness (QED) is 0.295. The largest absolute Gasteiger partial charge is 0.494 e. The van der Waals surface area contributed by atoms with Crippen LogP contribution >= 0.6 is 28.1 Å². The van der Waals surface area contributed by atoms with E-state index in [9.17, 15) is 9.59 Å². The lowest BCUT2D eigenvalue weighted by Crippen LogP contribution is -2.49. The first kappa shape index (κ1) is 23.6. The van der Waals surface area contributed by atoms with Crippen molar-refractivity contribution < 1.29 is 19.1 Å². The SMILES string of the molecule is CCCCOc1cccc(C(=O)NC(=S)NNC(=O)COc2ccc(Br)cc2C)c1. The monoisotopic (exact) mass is 493 g/mol. The van der Waals surface area contributed by atoms with Crippen LogP contribution in [0.4, 0.5) is 0 Å². The average molecular weight is 494 g/mol. The number of hydrogen-bond acceptors (Lipinski definition) is 5. The van der Waals surface area contributed by atoms with E-state index in [-0.39, 0.29) is 11.7 Å². The second kappa shape index (κ2) is 12.1. The lowest BCUT2D eigenvalue weighted by Gasteiger charge is -2.13. The maximum absolute atomic E-state index is 12.3. The summed E-state index contributed by atoms with van der Waals surface area (Å²) in [5.41, 5.74) is 6.16. The van der Waals surface area contributed by atoms with Crippen LogP contribution in [-0.4, -0.2) is 30.1 Å². The van der Waals surface area contributed by atoms with Crippen molar-refractivity contribution in [1.29, 1.82) is 0 Å². The van der Waals surface area contributed by atoms with E-state index in [0.717, 1.165) is 22.9 Å². The van der Waals surface area contributed by atoms with Gasteiger partial charge >= 0.3 is 0 Å². The Morgan fingerprint density at radius 3 is 2.63 bits per heavy atom. The molecule has 0 radical (unpaired) electrons. The first-order valence-electron chi connectivity index (χ1n) is 9.41. The van der Waals surface area contributed by atoms with Gasteiger partial charge in [-0.05, 0) is 67.5 Å². The highest BCUT2D eigenvalue weighted by molar-refractivity contribution is 9.10. The van der Waals surface area contributed by atoms with E-state index in [1.165, 1.54) is 0 Å². The van der Waals surface area contributed by atoms with Crippen LogP contribution in [0.1, 0.15) is 35.7 Å². The molecule has 0 unspecified atom stereocenters. The van der Waals surface area contributed by atoms with Crippen LogP contribution in [0.3, 0.4) is 0 Å². The molecule has 3 N–H and O–H groups in total. The molecule has 0 saturated heterocycles. The molecule has 0 aliphatic rings. The van der Waals surface area contributed by atoms with Crippen LogP contribution in [0.15, 0.2) is 46.9 Å². The van der Waals surface area contributed by atoms with Gasteiger partial charge in [-0.25, -0.2) is 0 Å². The second-order valence-corrected chi connectivity index (χ2v) is 7.71. The van der Waals surface area contributed by atoms with Gasteiger partial charge in [0, 0.05) is 10.0 Å². The van der Waals surface area contributed by atoms with Crippen LogP contribution in [0, 0.1) is 6.92 Å². The Balaban J connectivity index is 1.76. The van der Waals surface area contributed by atoms with Crippen LogP contribution in [0.25, 0.3) is 0 Å². The van der Waals surface area contributed by atoms with Crippen LogP contribution < -0.4 is 25.6 Å². The first-order valence-corrected chi connectivity index (χ1v) is 10.6. The number of hydrazine groups is 1. The van der Waals surface area contributed by atoms with E-state index in [4.69, 9.17) is 21.7 Å². The molecular formula is C21H24BrN3O4S. The number of amides is 2. The van der Waals surface area contributed by atoms with Crippen molar-refractivity contribution in [2.45, 2.75) is 26.7 Å². The molecule has 0 aliphatic heterocycles. The van der Waals surface area contributed by atoms with Gasteiger partial charge in [0.05, 0.1) is 6.61 Å². The molecule has 0 bridgehead atoms. The number of hydrogen-bond donors (Lipinski definition) is 3. The standard InChI is InChI=1S/C21H24BrN3O4S/c1-3-4-10-28-17-7-5-6-15(12-17)20(27)23-21(30)25-24-19(26)13-29-18-9-8-16(22)11-14(18)2/h5-9,11-12H,3-4,10,13H2,1-2H3,(H,24,26)(H2,23,25,27,30). The van der Waals surface area contributed by atoms with Crippen molar-refractivity contribution in [1.82, 2.24) is 16.2 Å². The summed E-state index contributed by atoms with van der Waals surface area (Å²) in [6, 6.07) is 12.3. The molecule has 2 rings (SSSR count). The molecule has 0 heterocycles. The minimum absolute atomic E-state index is 0.0366. The highest BCUT2D eigenvalue weighted by Crippen LogP contribution is 2.21. The van der Waals surface area contributed by atoms with Crippen LogP contribution in [0.2, 0.25) is 0 Å². The summed E-state index contributed by atoms with van der Waals surface area (Å²) in [6.45, 7) is 4.34. The van der Waals surface area contributed by atoms with Crippen molar-refractivity contribution in [3.63, 3.8) is 0 Å². The van der Waals surface area contributed by atoms with Gasteiger partial charge in [-0.15, -0.1) is 0 Å². The van der Waals surface area contributed by atoms with Gasteiger partial charge in [0.15, 0.2) is 11.7 Å². The fraction of sp³-hybridized carbons (Fsp3) is 0.286. The zero-order valence-corrected chi connectivity index (χ0v) is 19.2. The Kier molecular flexibility index (Phi) is 9.56. The zero-order valence-electron chi connectivity index (χ0n) is 16.8. The third-order valence-electron chi connectivity index (χ3n) is 3.90. The lowest BCUT2D eigenvalue weighted by molar-refractivity contribution is -0.123. The zero-order chi connectivity index (χ0) is 21.9. The van der Waals surface area contributed by atoms with E-state index in [0.29, 0.717) is 23.7 Å². The predicted octanol–water partition coefficient (Wildman–Crippen LogP) is 3.65.